The van der Waals surface area contributed by atoms with Crippen molar-refractivity contribution in [3.63, 3.8) is 0 Å². The third kappa shape index (κ3) is 3.78. The van der Waals surface area contributed by atoms with Crippen molar-refractivity contribution in [2.45, 2.75) is 19.0 Å². The van der Waals surface area contributed by atoms with Crippen molar-refractivity contribution >= 4 is 17.7 Å². The fourth-order valence-corrected chi connectivity index (χ4v) is 2.68. The molecule has 112 valence electrons. The molecule has 1 N–H and O–H groups in total. The van der Waals surface area contributed by atoms with Gasteiger partial charge in [-0.1, -0.05) is 11.8 Å². The lowest BCUT2D eigenvalue weighted by molar-refractivity contribution is 0.0697. The Labute approximate surface area is 128 Å². The van der Waals surface area contributed by atoms with Crippen LogP contribution in [0.25, 0.3) is 0 Å². The molecule has 0 amide bonds. The molecule has 0 saturated carbocycles. The van der Waals surface area contributed by atoms with Crippen LogP contribution in [0.4, 0.5) is 0 Å². The summed E-state index contributed by atoms with van der Waals surface area (Å²) in [5.41, 5.74) is 2.48. The lowest BCUT2D eigenvalue weighted by atomic mass is 10.2. The Morgan fingerprint density at radius 1 is 1.33 bits per heavy atom. The number of aromatic carboxylic acids is 1. The lowest BCUT2D eigenvalue weighted by Gasteiger charge is -2.06. The molecule has 5 nitrogen and oxygen atoms in total. The van der Waals surface area contributed by atoms with Crippen LogP contribution in [0.1, 0.15) is 21.7 Å². The van der Waals surface area contributed by atoms with Gasteiger partial charge in [0.25, 0.3) is 0 Å². The standard InChI is InChI=1S/C15H18N2O3S/c1-10-11(2)17(3)15(16-10)21-9-8-20-13-6-4-12(5-7-13)14(18)19/h4-7H,8-9H2,1-3H3,(H,18,19). The van der Waals surface area contributed by atoms with Crippen LogP contribution in [0.2, 0.25) is 0 Å². The van der Waals surface area contributed by atoms with E-state index in [1.54, 1.807) is 23.9 Å². The number of benzene rings is 1. The quantitative estimate of drug-likeness (QED) is 0.656. The summed E-state index contributed by atoms with van der Waals surface area (Å²) in [5.74, 6) is 0.523. The minimum absolute atomic E-state index is 0.260. The number of aryl methyl sites for hydroxylation is 1. The van der Waals surface area contributed by atoms with Crippen LogP contribution in [0.3, 0.4) is 0 Å². The van der Waals surface area contributed by atoms with Gasteiger partial charge in [0.15, 0.2) is 5.16 Å². The summed E-state index contributed by atoms with van der Waals surface area (Å²) in [6.45, 7) is 4.59. The Kier molecular flexibility index (Phi) is 4.90. The molecule has 0 fully saturated rings. The van der Waals surface area contributed by atoms with E-state index >= 15 is 0 Å². The Balaban J connectivity index is 1.81. The summed E-state index contributed by atoms with van der Waals surface area (Å²) < 4.78 is 7.66. The normalized spacial score (nSPS) is 10.6. The highest BCUT2D eigenvalue weighted by Gasteiger charge is 2.08. The van der Waals surface area contributed by atoms with E-state index in [-0.39, 0.29) is 5.56 Å². The molecule has 0 radical (unpaired) electrons. The van der Waals surface area contributed by atoms with Gasteiger partial charge < -0.3 is 14.4 Å². The number of ether oxygens (including phenoxy) is 1. The minimum Gasteiger partial charge on any atom is -0.493 e. The van der Waals surface area contributed by atoms with Gasteiger partial charge in [-0.05, 0) is 38.1 Å². The van der Waals surface area contributed by atoms with Gasteiger partial charge in [0.2, 0.25) is 0 Å². The Morgan fingerprint density at radius 3 is 2.52 bits per heavy atom. The smallest absolute Gasteiger partial charge is 0.335 e. The average Bonchev–Trinajstić information content (AvgIpc) is 2.71. The van der Waals surface area contributed by atoms with Gasteiger partial charge in [0.1, 0.15) is 5.75 Å². The first-order chi connectivity index (χ1) is 9.99. The number of aromatic nitrogens is 2. The molecule has 1 aromatic heterocycles. The van der Waals surface area contributed by atoms with E-state index in [4.69, 9.17) is 9.84 Å². The number of carbonyl (C=O) groups is 1. The molecule has 0 aliphatic rings. The van der Waals surface area contributed by atoms with E-state index in [1.807, 2.05) is 20.9 Å². The fourth-order valence-electron chi connectivity index (χ4n) is 1.80. The molecular weight excluding hydrogens is 288 g/mol. The summed E-state index contributed by atoms with van der Waals surface area (Å²) in [4.78, 5) is 15.2. The number of hydrogen-bond acceptors (Lipinski definition) is 4. The number of nitrogens with zero attached hydrogens (tertiary/aromatic N) is 2. The highest BCUT2D eigenvalue weighted by Crippen LogP contribution is 2.20. The monoisotopic (exact) mass is 306 g/mol. The van der Waals surface area contributed by atoms with E-state index < -0.39 is 5.97 Å². The number of carboxylic acid groups (broad SMARTS) is 1. The second-order valence-electron chi connectivity index (χ2n) is 4.65. The second kappa shape index (κ2) is 6.67. The maximum atomic E-state index is 10.7. The molecular formula is C15H18N2O3S. The summed E-state index contributed by atoms with van der Waals surface area (Å²) in [7, 11) is 2.00. The van der Waals surface area contributed by atoms with E-state index in [1.165, 1.54) is 17.8 Å². The first-order valence-electron chi connectivity index (χ1n) is 6.58. The number of imidazole rings is 1. The first-order valence-corrected chi connectivity index (χ1v) is 7.56. The number of thioether (sulfide) groups is 1. The maximum absolute atomic E-state index is 10.7. The number of hydrogen-bond donors (Lipinski definition) is 1. The molecule has 0 aliphatic carbocycles. The van der Waals surface area contributed by atoms with E-state index in [2.05, 4.69) is 9.55 Å². The Morgan fingerprint density at radius 2 is 2.00 bits per heavy atom. The largest absolute Gasteiger partial charge is 0.493 e. The van der Waals surface area contributed by atoms with Crippen molar-refractivity contribution in [1.82, 2.24) is 9.55 Å². The summed E-state index contributed by atoms with van der Waals surface area (Å²) >= 11 is 1.64. The molecule has 6 heteroatoms. The fraction of sp³-hybridized carbons (Fsp3) is 0.333. The van der Waals surface area contributed by atoms with Gasteiger partial charge >= 0.3 is 5.97 Å². The highest BCUT2D eigenvalue weighted by molar-refractivity contribution is 7.99. The van der Waals surface area contributed by atoms with Crippen LogP contribution in [-0.2, 0) is 7.05 Å². The van der Waals surface area contributed by atoms with Gasteiger partial charge in [-0.2, -0.15) is 0 Å². The first kappa shape index (κ1) is 15.4. The molecule has 21 heavy (non-hydrogen) atoms. The number of rotatable bonds is 6. The molecule has 0 aliphatic heterocycles. The van der Waals surface area contributed by atoms with Crippen molar-refractivity contribution in [1.29, 1.82) is 0 Å². The molecule has 2 aromatic rings. The van der Waals surface area contributed by atoms with Gasteiger partial charge in [0, 0.05) is 18.5 Å². The zero-order valence-electron chi connectivity index (χ0n) is 12.3. The minimum atomic E-state index is -0.933. The van der Waals surface area contributed by atoms with Crippen LogP contribution in [0, 0.1) is 13.8 Å². The zero-order chi connectivity index (χ0) is 15.4. The van der Waals surface area contributed by atoms with Crippen molar-refractivity contribution in [2.24, 2.45) is 7.05 Å². The van der Waals surface area contributed by atoms with Crippen LogP contribution in [0.5, 0.6) is 5.75 Å². The Bertz CT molecular complexity index is 635. The van der Waals surface area contributed by atoms with Crippen molar-refractivity contribution in [3.05, 3.63) is 41.2 Å². The van der Waals surface area contributed by atoms with E-state index in [0.29, 0.717) is 12.4 Å². The maximum Gasteiger partial charge on any atom is 0.335 e. The summed E-state index contributed by atoms with van der Waals surface area (Å²) in [6.07, 6.45) is 0. The molecule has 0 bridgehead atoms. The van der Waals surface area contributed by atoms with E-state index in [9.17, 15) is 4.79 Å². The lowest BCUT2D eigenvalue weighted by Crippen LogP contribution is -2.02. The van der Waals surface area contributed by atoms with Crippen molar-refractivity contribution < 1.29 is 14.6 Å². The average molecular weight is 306 g/mol. The summed E-state index contributed by atoms with van der Waals surface area (Å²) in [6, 6.07) is 6.42. The molecule has 0 unspecified atom stereocenters. The van der Waals surface area contributed by atoms with Gasteiger partial charge in [-0.15, -0.1) is 0 Å². The van der Waals surface area contributed by atoms with Crippen LogP contribution >= 0.6 is 11.8 Å². The summed E-state index contributed by atoms with van der Waals surface area (Å²) in [5, 5.41) is 9.79. The zero-order valence-corrected chi connectivity index (χ0v) is 13.1. The molecule has 0 atom stereocenters. The second-order valence-corrected chi connectivity index (χ2v) is 5.71. The predicted octanol–water partition coefficient (Wildman–Crippen LogP) is 2.91. The predicted molar refractivity (Wildman–Crippen MR) is 82.3 cm³/mol. The van der Waals surface area contributed by atoms with Gasteiger partial charge in [0.05, 0.1) is 17.9 Å². The molecule has 1 heterocycles. The number of carboxylic acids is 1. The topological polar surface area (TPSA) is 64.3 Å². The van der Waals surface area contributed by atoms with Crippen LogP contribution in [0.15, 0.2) is 29.4 Å². The van der Waals surface area contributed by atoms with Crippen molar-refractivity contribution in [2.75, 3.05) is 12.4 Å². The molecule has 2 rings (SSSR count). The molecule has 0 spiro atoms. The third-order valence-electron chi connectivity index (χ3n) is 3.26. The highest BCUT2D eigenvalue weighted by atomic mass is 32.2. The van der Waals surface area contributed by atoms with Crippen LogP contribution < -0.4 is 4.74 Å². The Hall–Kier alpha value is -1.95. The SMILES string of the molecule is Cc1nc(SCCOc2ccc(C(=O)O)cc2)n(C)c1C. The van der Waals surface area contributed by atoms with Gasteiger partial charge in [-0.3, -0.25) is 0 Å². The molecule has 0 saturated heterocycles. The molecule has 1 aromatic carbocycles. The van der Waals surface area contributed by atoms with Crippen molar-refractivity contribution in [3.8, 4) is 5.75 Å². The van der Waals surface area contributed by atoms with Crippen LogP contribution in [-0.4, -0.2) is 33.0 Å². The van der Waals surface area contributed by atoms with E-state index in [0.717, 1.165) is 16.6 Å². The van der Waals surface area contributed by atoms with Gasteiger partial charge in [-0.25, -0.2) is 9.78 Å². The third-order valence-corrected chi connectivity index (χ3v) is 4.26.